The quantitative estimate of drug-likeness (QED) is 0.897. The van der Waals surface area contributed by atoms with E-state index >= 15 is 0 Å². The molecule has 94 valence electrons. The number of methoxy groups -OCH3 is 1. The van der Waals surface area contributed by atoms with E-state index in [-0.39, 0.29) is 0 Å². The summed E-state index contributed by atoms with van der Waals surface area (Å²) in [4.78, 5) is 3.96. The molecule has 1 atom stereocenters. The molecule has 0 amide bonds. The highest BCUT2D eigenvalue weighted by Gasteiger charge is 2.13. The summed E-state index contributed by atoms with van der Waals surface area (Å²) in [5.41, 5.74) is 2.99. The first-order valence-corrected chi connectivity index (χ1v) is 5.92. The molecule has 3 nitrogen and oxygen atoms in total. The fourth-order valence-electron chi connectivity index (χ4n) is 1.95. The van der Waals surface area contributed by atoms with E-state index in [4.69, 9.17) is 4.74 Å². The molecule has 18 heavy (non-hydrogen) atoms. The molecule has 2 aromatic rings. The monoisotopic (exact) mass is 243 g/mol. The normalized spacial score (nSPS) is 12.2. The molecule has 0 fully saturated rings. The summed E-state index contributed by atoms with van der Waals surface area (Å²) >= 11 is 0. The first-order valence-electron chi connectivity index (χ1n) is 5.92. The van der Waals surface area contributed by atoms with Crippen molar-refractivity contribution in [3.63, 3.8) is 0 Å². The molecule has 1 unspecified atom stereocenters. The van der Waals surface area contributed by atoms with E-state index in [0.29, 0.717) is 6.42 Å². The Balaban J connectivity index is 2.21. The first-order chi connectivity index (χ1) is 8.70. The van der Waals surface area contributed by atoms with Crippen LogP contribution in [0.1, 0.15) is 22.8 Å². The van der Waals surface area contributed by atoms with Gasteiger partial charge in [0.15, 0.2) is 0 Å². The molecular formula is C15H17NO2. The maximum atomic E-state index is 10.3. The lowest BCUT2D eigenvalue weighted by Gasteiger charge is -2.15. The highest BCUT2D eigenvalue weighted by Crippen LogP contribution is 2.28. The average Bonchev–Trinajstić information content (AvgIpc) is 2.39. The number of hydrogen-bond acceptors (Lipinski definition) is 3. The SMILES string of the molecule is COc1cc(C)ccc1C(O)Cc1ccncc1. The van der Waals surface area contributed by atoms with E-state index in [9.17, 15) is 5.11 Å². The molecule has 0 radical (unpaired) electrons. The van der Waals surface area contributed by atoms with E-state index < -0.39 is 6.10 Å². The minimum atomic E-state index is -0.567. The number of pyridine rings is 1. The van der Waals surface area contributed by atoms with Crippen molar-refractivity contribution >= 4 is 0 Å². The zero-order valence-electron chi connectivity index (χ0n) is 10.6. The summed E-state index contributed by atoms with van der Waals surface area (Å²) in [6.07, 6.45) is 3.45. The van der Waals surface area contributed by atoms with Gasteiger partial charge in [-0.1, -0.05) is 12.1 Å². The van der Waals surface area contributed by atoms with Gasteiger partial charge >= 0.3 is 0 Å². The number of aryl methyl sites for hydroxylation is 1. The molecule has 0 aliphatic carbocycles. The number of hydrogen-bond donors (Lipinski definition) is 1. The fourth-order valence-corrected chi connectivity index (χ4v) is 1.95. The van der Waals surface area contributed by atoms with Crippen LogP contribution in [0.25, 0.3) is 0 Å². The van der Waals surface area contributed by atoms with E-state index in [1.54, 1.807) is 19.5 Å². The average molecular weight is 243 g/mol. The van der Waals surface area contributed by atoms with Gasteiger partial charge in [-0.3, -0.25) is 4.98 Å². The Kier molecular flexibility index (Phi) is 3.95. The van der Waals surface area contributed by atoms with Crippen molar-refractivity contribution in [1.29, 1.82) is 0 Å². The predicted octanol–water partition coefficient (Wildman–Crippen LogP) is 2.67. The molecule has 3 heteroatoms. The Hall–Kier alpha value is -1.87. The number of nitrogens with zero attached hydrogens (tertiary/aromatic N) is 1. The highest BCUT2D eigenvalue weighted by atomic mass is 16.5. The zero-order chi connectivity index (χ0) is 13.0. The Labute approximate surface area is 107 Å². The second kappa shape index (κ2) is 5.65. The van der Waals surface area contributed by atoms with Crippen molar-refractivity contribution in [2.45, 2.75) is 19.4 Å². The highest BCUT2D eigenvalue weighted by molar-refractivity contribution is 5.39. The summed E-state index contributed by atoms with van der Waals surface area (Å²) in [6, 6.07) is 9.65. The van der Waals surface area contributed by atoms with E-state index in [1.165, 1.54) is 0 Å². The molecule has 0 aliphatic rings. The number of aliphatic hydroxyl groups is 1. The van der Waals surface area contributed by atoms with Crippen LogP contribution in [0.4, 0.5) is 0 Å². The molecule has 1 aromatic carbocycles. The van der Waals surface area contributed by atoms with Crippen molar-refractivity contribution < 1.29 is 9.84 Å². The molecule has 1 aromatic heterocycles. The third-order valence-corrected chi connectivity index (χ3v) is 2.93. The van der Waals surface area contributed by atoms with Crippen LogP contribution in [0.3, 0.4) is 0 Å². The second-order valence-corrected chi connectivity index (χ2v) is 4.32. The number of aromatic nitrogens is 1. The van der Waals surface area contributed by atoms with Crippen molar-refractivity contribution in [1.82, 2.24) is 4.98 Å². The number of benzene rings is 1. The van der Waals surface area contributed by atoms with Gasteiger partial charge in [0.25, 0.3) is 0 Å². The summed E-state index contributed by atoms with van der Waals surface area (Å²) in [6.45, 7) is 2.00. The van der Waals surface area contributed by atoms with Gasteiger partial charge in [-0.05, 0) is 36.2 Å². The Morgan fingerprint density at radius 1 is 1.22 bits per heavy atom. The summed E-state index contributed by atoms with van der Waals surface area (Å²) < 4.78 is 5.31. The largest absolute Gasteiger partial charge is 0.496 e. The third-order valence-electron chi connectivity index (χ3n) is 2.93. The van der Waals surface area contributed by atoms with Crippen molar-refractivity contribution in [2.24, 2.45) is 0 Å². The minimum Gasteiger partial charge on any atom is -0.496 e. The lowest BCUT2D eigenvalue weighted by atomic mass is 10.00. The standard InChI is InChI=1S/C15H17NO2/c1-11-3-4-13(15(9-11)18-2)14(17)10-12-5-7-16-8-6-12/h3-9,14,17H,10H2,1-2H3. The van der Waals surface area contributed by atoms with Crippen LogP contribution in [0.2, 0.25) is 0 Å². The maximum absolute atomic E-state index is 10.3. The van der Waals surface area contributed by atoms with Crippen LogP contribution in [0, 0.1) is 6.92 Å². The minimum absolute atomic E-state index is 0.557. The van der Waals surface area contributed by atoms with Gasteiger partial charge in [-0.15, -0.1) is 0 Å². The molecule has 0 saturated heterocycles. The summed E-state index contributed by atoms with van der Waals surface area (Å²) in [5, 5.41) is 10.3. The molecule has 0 bridgehead atoms. The maximum Gasteiger partial charge on any atom is 0.124 e. The van der Waals surface area contributed by atoms with Crippen molar-refractivity contribution in [3.05, 3.63) is 59.4 Å². The molecule has 1 N–H and O–H groups in total. The summed E-state index contributed by atoms with van der Waals surface area (Å²) in [7, 11) is 1.62. The van der Waals surface area contributed by atoms with Gasteiger partial charge < -0.3 is 9.84 Å². The van der Waals surface area contributed by atoms with Crippen LogP contribution >= 0.6 is 0 Å². The smallest absolute Gasteiger partial charge is 0.124 e. The lowest BCUT2D eigenvalue weighted by molar-refractivity contribution is 0.174. The van der Waals surface area contributed by atoms with Gasteiger partial charge in [0.1, 0.15) is 5.75 Å². The molecule has 2 rings (SSSR count). The molecule has 1 heterocycles. The van der Waals surface area contributed by atoms with Gasteiger partial charge in [0.2, 0.25) is 0 Å². The lowest BCUT2D eigenvalue weighted by Crippen LogP contribution is -2.04. The predicted molar refractivity (Wildman–Crippen MR) is 70.6 cm³/mol. The van der Waals surface area contributed by atoms with Gasteiger partial charge in [-0.2, -0.15) is 0 Å². The topological polar surface area (TPSA) is 42.4 Å². The number of rotatable bonds is 4. The zero-order valence-corrected chi connectivity index (χ0v) is 10.6. The molecule has 0 saturated carbocycles. The molecule has 0 spiro atoms. The Morgan fingerprint density at radius 2 is 1.94 bits per heavy atom. The van der Waals surface area contributed by atoms with E-state index in [1.807, 2.05) is 37.3 Å². The fraction of sp³-hybridized carbons (Fsp3) is 0.267. The molecular weight excluding hydrogens is 226 g/mol. The van der Waals surface area contributed by atoms with E-state index in [2.05, 4.69) is 4.98 Å². The number of aliphatic hydroxyl groups excluding tert-OH is 1. The van der Waals surface area contributed by atoms with Crippen molar-refractivity contribution in [3.8, 4) is 5.75 Å². The number of ether oxygens (including phenoxy) is 1. The van der Waals surface area contributed by atoms with Crippen LogP contribution in [0.5, 0.6) is 5.75 Å². The van der Waals surface area contributed by atoms with Crippen LogP contribution < -0.4 is 4.74 Å². The Bertz CT molecular complexity index is 511. The van der Waals surface area contributed by atoms with Crippen LogP contribution in [-0.4, -0.2) is 17.2 Å². The van der Waals surface area contributed by atoms with Crippen LogP contribution in [-0.2, 0) is 6.42 Å². The second-order valence-electron chi connectivity index (χ2n) is 4.32. The van der Waals surface area contributed by atoms with Gasteiger partial charge in [-0.25, -0.2) is 0 Å². The van der Waals surface area contributed by atoms with Crippen molar-refractivity contribution in [2.75, 3.05) is 7.11 Å². The van der Waals surface area contributed by atoms with Crippen LogP contribution in [0.15, 0.2) is 42.7 Å². The van der Waals surface area contributed by atoms with Gasteiger partial charge in [0.05, 0.1) is 13.2 Å². The van der Waals surface area contributed by atoms with Gasteiger partial charge in [0, 0.05) is 24.4 Å². The third kappa shape index (κ3) is 2.87. The first kappa shape index (κ1) is 12.6. The Morgan fingerprint density at radius 3 is 2.61 bits per heavy atom. The van der Waals surface area contributed by atoms with E-state index in [0.717, 1.165) is 22.4 Å². The summed E-state index contributed by atoms with van der Waals surface area (Å²) in [5.74, 6) is 0.733. The molecule has 0 aliphatic heterocycles.